The fourth-order valence-corrected chi connectivity index (χ4v) is 3.44. The highest BCUT2D eigenvalue weighted by Gasteiger charge is 2.23. The van der Waals surface area contributed by atoms with Crippen molar-refractivity contribution in [2.75, 3.05) is 46.9 Å². The van der Waals surface area contributed by atoms with Gasteiger partial charge in [0.2, 0.25) is 5.91 Å². The summed E-state index contributed by atoms with van der Waals surface area (Å²) in [5, 5.41) is 3.38. The summed E-state index contributed by atoms with van der Waals surface area (Å²) < 4.78 is 5.28. The van der Waals surface area contributed by atoms with Gasteiger partial charge in [0.05, 0.1) is 13.2 Å². The van der Waals surface area contributed by atoms with Crippen LogP contribution in [0.3, 0.4) is 0 Å². The zero-order valence-corrected chi connectivity index (χ0v) is 13.6. The highest BCUT2D eigenvalue weighted by atomic mass is 16.5. The molecule has 0 spiro atoms. The number of hydrogen-bond donors (Lipinski definition) is 1. The Morgan fingerprint density at radius 1 is 1.24 bits per heavy atom. The number of nitrogens with zero attached hydrogens (tertiary/aromatic N) is 2. The second-order valence-corrected chi connectivity index (χ2v) is 6.37. The van der Waals surface area contributed by atoms with Gasteiger partial charge in [-0.15, -0.1) is 0 Å². The van der Waals surface area contributed by atoms with Crippen molar-refractivity contribution >= 4 is 5.91 Å². The second kappa shape index (κ2) is 8.71. The lowest BCUT2D eigenvalue weighted by Crippen LogP contribution is -2.42. The van der Waals surface area contributed by atoms with Crippen molar-refractivity contribution in [2.45, 2.75) is 50.6 Å². The first-order valence-electron chi connectivity index (χ1n) is 8.43. The molecule has 0 bridgehead atoms. The Morgan fingerprint density at radius 3 is 2.52 bits per heavy atom. The summed E-state index contributed by atoms with van der Waals surface area (Å²) in [6.07, 6.45) is 6.75. The van der Waals surface area contributed by atoms with Crippen LogP contribution in [0.5, 0.6) is 0 Å². The maximum Gasteiger partial charge on any atom is 0.222 e. The van der Waals surface area contributed by atoms with Gasteiger partial charge in [0.15, 0.2) is 0 Å². The van der Waals surface area contributed by atoms with E-state index in [1.165, 1.54) is 25.7 Å². The van der Waals surface area contributed by atoms with E-state index in [0.29, 0.717) is 37.6 Å². The molecule has 2 fully saturated rings. The van der Waals surface area contributed by atoms with Crippen LogP contribution in [0.25, 0.3) is 0 Å². The van der Waals surface area contributed by atoms with Gasteiger partial charge in [0, 0.05) is 31.6 Å². The Morgan fingerprint density at radius 2 is 1.90 bits per heavy atom. The first-order valence-corrected chi connectivity index (χ1v) is 8.43. The summed E-state index contributed by atoms with van der Waals surface area (Å²) in [6.45, 7) is 3.96. The molecule has 5 heteroatoms. The molecule has 1 N–H and O–H groups in total. The molecule has 2 aliphatic rings. The number of carbonyl (C=O) groups excluding carboxylic acids is 1. The molecule has 0 radical (unpaired) electrons. The summed E-state index contributed by atoms with van der Waals surface area (Å²) in [7, 11) is 4.27. The van der Waals surface area contributed by atoms with Gasteiger partial charge >= 0.3 is 0 Å². The number of ether oxygens (including phenoxy) is 1. The SMILES string of the molecule is CNC1CCC(N(C)CCCC(=O)N2CCOCC2)CC1. The molecule has 21 heavy (non-hydrogen) atoms. The molecule has 0 aromatic carbocycles. The van der Waals surface area contributed by atoms with E-state index in [2.05, 4.69) is 24.3 Å². The zero-order chi connectivity index (χ0) is 15.1. The molecule has 1 amide bonds. The quantitative estimate of drug-likeness (QED) is 0.797. The molecule has 1 aliphatic carbocycles. The summed E-state index contributed by atoms with van der Waals surface area (Å²) >= 11 is 0. The molecule has 5 nitrogen and oxygen atoms in total. The van der Waals surface area contributed by atoms with Crippen molar-refractivity contribution in [1.29, 1.82) is 0 Å². The number of hydrogen-bond acceptors (Lipinski definition) is 4. The number of nitrogens with one attached hydrogen (secondary N) is 1. The molecule has 0 aromatic rings. The second-order valence-electron chi connectivity index (χ2n) is 6.37. The van der Waals surface area contributed by atoms with Gasteiger partial charge in [-0.25, -0.2) is 0 Å². The van der Waals surface area contributed by atoms with E-state index < -0.39 is 0 Å². The molecule has 0 aromatic heterocycles. The summed E-state index contributed by atoms with van der Waals surface area (Å²) in [4.78, 5) is 16.5. The first-order chi connectivity index (χ1) is 10.2. The van der Waals surface area contributed by atoms with Crippen molar-refractivity contribution in [3.05, 3.63) is 0 Å². The van der Waals surface area contributed by atoms with Gasteiger partial charge < -0.3 is 19.9 Å². The van der Waals surface area contributed by atoms with E-state index >= 15 is 0 Å². The number of amides is 1. The van der Waals surface area contributed by atoms with Gasteiger partial charge in [-0.1, -0.05) is 0 Å². The smallest absolute Gasteiger partial charge is 0.222 e. The van der Waals surface area contributed by atoms with Crippen LogP contribution in [0.1, 0.15) is 38.5 Å². The van der Waals surface area contributed by atoms with E-state index in [-0.39, 0.29) is 0 Å². The minimum atomic E-state index is 0.297. The highest BCUT2D eigenvalue weighted by Crippen LogP contribution is 2.22. The molecule has 1 aliphatic heterocycles. The van der Waals surface area contributed by atoms with Gasteiger partial charge in [-0.2, -0.15) is 0 Å². The normalized spacial score (nSPS) is 27.1. The third kappa shape index (κ3) is 5.24. The third-order valence-corrected chi connectivity index (χ3v) is 4.99. The maximum absolute atomic E-state index is 12.1. The standard InChI is InChI=1S/C16H31N3O2/c1-17-14-5-7-15(8-6-14)18(2)9-3-4-16(20)19-10-12-21-13-11-19/h14-15,17H,3-13H2,1-2H3. The van der Waals surface area contributed by atoms with Gasteiger partial charge in [-0.3, -0.25) is 4.79 Å². The van der Waals surface area contributed by atoms with E-state index in [1.54, 1.807) is 0 Å². The maximum atomic E-state index is 12.1. The average Bonchev–Trinajstić information content (AvgIpc) is 2.55. The fraction of sp³-hybridized carbons (Fsp3) is 0.938. The van der Waals surface area contributed by atoms with Crippen LogP contribution in [0, 0.1) is 0 Å². The van der Waals surface area contributed by atoms with E-state index in [0.717, 1.165) is 26.1 Å². The Hall–Kier alpha value is -0.650. The van der Waals surface area contributed by atoms with Crippen LogP contribution in [0.4, 0.5) is 0 Å². The molecule has 1 saturated carbocycles. The Kier molecular flexibility index (Phi) is 6.93. The molecular formula is C16H31N3O2. The zero-order valence-electron chi connectivity index (χ0n) is 13.6. The van der Waals surface area contributed by atoms with Crippen LogP contribution in [0.2, 0.25) is 0 Å². The predicted octanol–water partition coefficient (Wildman–Crippen LogP) is 1.09. The monoisotopic (exact) mass is 297 g/mol. The lowest BCUT2D eigenvalue weighted by molar-refractivity contribution is -0.135. The molecular weight excluding hydrogens is 266 g/mol. The number of morpholine rings is 1. The van der Waals surface area contributed by atoms with Crippen LogP contribution < -0.4 is 5.32 Å². The third-order valence-electron chi connectivity index (χ3n) is 4.99. The summed E-state index contributed by atoms with van der Waals surface area (Å²) in [6, 6.07) is 1.41. The topological polar surface area (TPSA) is 44.8 Å². The lowest BCUT2D eigenvalue weighted by Gasteiger charge is -2.34. The molecule has 2 rings (SSSR count). The molecule has 0 unspecified atom stereocenters. The van der Waals surface area contributed by atoms with Crippen LogP contribution in [0.15, 0.2) is 0 Å². The first kappa shape index (κ1) is 16.7. The van der Waals surface area contributed by atoms with Crippen molar-refractivity contribution in [1.82, 2.24) is 15.1 Å². The summed E-state index contributed by atoms with van der Waals surface area (Å²) in [5.74, 6) is 0.297. The number of carbonyl (C=O) groups is 1. The Balaban J connectivity index is 1.60. The van der Waals surface area contributed by atoms with Gasteiger partial charge in [0.25, 0.3) is 0 Å². The van der Waals surface area contributed by atoms with Crippen LogP contribution in [-0.4, -0.2) is 74.7 Å². The largest absolute Gasteiger partial charge is 0.378 e. The van der Waals surface area contributed by atoms with Gasteiger partial charge in [-0.05, 0) is 52.7 Å². The minimum Gasteiger partial charge on any atom is -0.378 e. The average molecular weight is 297 g/mol. The van der Waals surface area contributed by atoms with Crippen molar-refractivity contribution < 1.29 is 9.53 Å². The van der Waals surface area contributed by atoms with E-state index in [1.807, 2.05) is 4.90 Å². The number of rotatable bonds is 6. The molecule has 0 atom stereocenters. The highest BCUT2D eigenvalue weighted by molar-refractivity contribution is 5.76. The predicted molar refractivity (Wildman–Crippen MR) is 84.4 cm³/mol. The minimum absolute atomic E-state index is 0.297. The lowest BCUT2D eigenvalue weighted by atomic mass is 9.90. The Bertz CT molecular complexity index is 311. The van der Waals surface area contributed by atoms with Crippen LogP contribution in [-0.2, 0) is 9.53 Å². The van der Waals surface area contributed by atoms with Crippen LogP contribution >= 0.6 is 0 Å². The van der Waals surface area contributed by atoms with E-state index in [4.69, 9.17) is 4.74 Å². The van der Waals surface area contributed by atoms with Crippen molar-refractivity contribution in [3.8, 4) is 0 Å². The van der Waals surface area contributed by atoms with Crippen molar-refractivity contribution in [3.63, 3.8) is 0 Å². The van der Waals surface area contributed by atoms with Crippen molar-refractivity contribution in [2.24, 2.45) is 0 Å². The Labute approximate surface area is 129 Å². The molecule has 1 saturated heterocycles. The molecule has 1 heterocycles. The van der Waals surface area contributed by atoms with E-state index in [9.17, 15) is 4.79 Å². The van der Waals surface area contributed by atoms with Gasteiger partial charge in [0.1, 0.15) is 0 Å². The fourth-order valence-electron chi connectivity index (χ4n) is 3.44. The molecule has 122 valence electrons. The summed E-state index contributed by atoms with van der Waals surface area (Å²) in [5.41, 5.74) is 0.